The Morgan fingerprint density at radius 2 is 1.58 bits per heavy atom. The number of sulfonamides is 1. The molecule has 0 saturated carbocycles. The highest BCUT2D eigenvalue weighted by Crippen LogP contribution is 2.24. The van der Waals surface area contributed by atoms with Crippen molar-refractivity contribution in [2.24, 2.45) is 0 Å². The highest BCUT2D eigenvalue weighted by atomic mass is 32.2. The number of likely N-dealkylation sites (tertiary alicyclic amines) is 1. The number of carbonyl (C=O) groups excluding carboxylic acids is 1. The molecule has 190 valence electrons. The highest BCUT2D eigenvalue weighted by molar-refractivity contribution is 7.92. The number of rotatable bonds is 8. The van der Waals surface area contributed by atoms with Gasteiger partial charge in [-0.1, -0.05) is 48.9 Å². The molecular weight excluding hydrogens is 470 g/mol. The van der Waals surface area contributed by atoms with Crippen molar-refractivity contribution in [3.63, 3.8) is 0 Å². The fourth-order valence-electron chi connectivity index (χ4n) is 4.61. The van der Waals surface area contributed by atoms with E-state index < -0.39 is 10.0 Å². The average Bonchev–Trinajstić information content (AvgIpc) is 2.87. The Kier molecular flexibility index (Phi) is 8.11. The molecule has 1 heterocycles. The van der Waals surface area contributed by atoms with Crippen LogP contribution < -0.4 is 10.0 Å². The first-order valence-electron chi connectivity index (χ1n) is 12.5. The van der Waals surface area contributed by atoms with E-state index in [9.17, 15) is 13.2 Å². The summed E-state index contributed by atoms with van der Waals surface area (Å²) >= 11 is 0. The van der Waals surface area contributed by atoms with Crippen LogP contribution in [0, 0.1) is 20.8 Å². The zero-order chi connectivity index (χ0) is 25.7. The largest absolute Gasteiger partial charge is 0.348 e. The van der Waals surface area contributed by atoms with Crippen LogP contribution in [-0.2, 0) is 23.1 Å². The molecule has 4 rings (SSSR count). The van der Waals surface area contributed by atoms with E-state index in [1.807, 2.05) is 44.2 Å². The number of hydrogen-bond acceptors (Lipinski definition) is 4. The minimum absolute atomic E-state index is 0.0987. The van der Waals surface area contributed by atoms with Crippen LogP contribution in [0.3, 0.4) is 0 Å². The molecule has 0 unspecified atom stereocenters. The van der Waals surface area contributed by atoms with Crippen LogP contribution in [0.4, 0.5) is 5.69 Å². The zero-order valence-electron chi connectivity index (χ0n) is 21.3. The minimum atomic E-state index is -3.87. The molecule has 0 bridgehead atoms. The van der Waals surface area contributed by atoms with Crippen LogP contribution in [0.25, 0.3) is 0 Å². The quantitative estimate of drug-likeness (QED) is 0.434. The first kappa shape index (κ1) is 25.9. The molecule has 0 aromatic heterocycles. The molecule has 0 spiro atoms. The molecule has 3 aromatic rings. The predicted octanol–water partition coefficient (Wildman–Crippen LogP) is 5.33. The molecule has 6 nitrogen and oxygen atoms in total. The Morgan fingerprint density at radius 1 is 0.861 bits per heavy atom. The summed E-state index contributed by atoms with van der Waals surface area (Å²) in [4.78, 5) is 15.6. The van der Waals surface area contributed by atoms with Crippen molar-refractivity contribution in [1.82, 2.24) is 10.2 Å². The lowest BCUT2D eigenvalue weighted by molar-refractivity contribution is 0.0950. The van der Waals surface area contributed by atoms with E-state index in [4.69, 9.17) is 0 Å². The lowest BCUT2D eigenvalue weighted by atomic mass is 10.0. The number of anilines is 1. The minimum Gasteiger partial charge on any atom is -0.348 e. The molecule has 0 radical (unpaired) electrons. The molecule has 1 amide bonds. The monoisotopic (exact) mass is 505 g/mol. The molecule has 0 atom stereocenters. The van der Waals surface area contributed by atoms with Crippen molar-refractivity contribution in [2.75, 3.05) is 17.8 Å². The van der Waals surface area contributed by atoms with Crippen LogP contribution in [-0.4, -0.2) is 32.3 Å². The summed E-state index contributed by atoms with van der Waals surface area (Å²) in [6, 6.07) is 18.5. The number of aryl methyl sites for hydroxylation is 2. The molecule has 1 fully saturated rings. The zero-order valence-corrected chi connectivity index (χ0v) is 22.1. The molecule has 36 heavy (non-hydrogen) atoms. The van der Waals surface area contributed by atoms with Gasteiger partial charge in [-0.2, -0.15) is 0 Å². The van der Waals surface area contributed by atoms with Gasteiger partial charge < -0.3 is 5.32 Å². The van der Waals surface area contributed by atoms with Crippen LogP contribution in [0.15, 0.2) is 65.6 Å². The lowest BCUT2D eigenvalue weighted by Gasteiger charge is -2.27. The van der Waals surface area contributed by atoms with E-state index in [-0.39, 0.29) is 10.8 Å². The Labute approximate surface area is 214 Å². The van der Waals surface area contributed by atoms with Gasteiger partial charge >= 0.3 is 0 Å². The molecule has 1 saturated heterocycles. The van der Waals surface area contributed by atoms with Gasteiger partial charge in [0.1, 0.15) is 0 Å². The molecule has 2 N–H and O–H groups in total. The van der Waals surface area contributed by atoms with Gasteiger partial charge in [-0.25, -0.2) is 8.42 Å². The maximum atomic E-state index is 13.2. The molecule has 3 aromatic carbocycles. The summed E-state index contributed by atoms with van der Waals surface area (Å²) in [5.74, 6) is -0.300. The highest BCUT2D eigenvalue weighted by Gasteiger charge is 2.21. The van der Waals surface area contributed by atoms with E-state index in [2.05, 4.69) is 21.0 Å². The normalized spacial score (nSPS) is 14.4. The molecule has 1 aliphatic rings. The van der Waals surface area contributed by atoms with Gasteiger partial charge in [0.25, 0.3) is 15.9 Å². The van der Waals surface area contributed by atoms with E-state index in [1.54, 1.807) is 25.1 Å². The first-order chi connectivity index (χ1) is 17.2. The van der Waals surface area contributed by atoms with E-state index in [1.165, 1.54) is 30.9 Å². The maximum Gasteiger partial charge on any atom is 0.262 e. The number of amides is 1. The summed E-state index contributed by atoms with van der Waals surface area (Å²) in [7, 11) is -3.87. The average molecular weight is 506 g/mol. The maximum absolute atomic E-state index is 13.2. The number of piperidine rings is 1. The van der Waals surface area contributed by atoms with E-state index >= 15 is 0 Å². The standard InChI is InChI=1S/C29H35N3O3S/c1-21-10-9-13-27(23(21)3)31-36(34,35)28-18-24(15-14-22(28)2)29(33)30-19-25-11-5-6-12-26(25)20-32-16-7-4-8-17-32/h5-6,9-15,18,31H,4,7-8,16-17,19-20H2,1-3H3,(H,30,33). The van der Waals surface area contributed by atoms with Gasteiger partial charge in [-0.05, 0) is 92.7 Å². The Hall–Kier alpha value is -3.16. The summed E-state index contributed by atoms with van der Waals surface area (Å²) < 4.78 is 29.1. The van der Waals surface area contributed by atoms with Crippen LogP contribution in [0.5, 0.6) is 0 Å². The second-order valence-corrected chi connectivity index (χ2v) is 11.3. The van der Waals surface area contributed by atoms with E-state index in [0.717, 1.165) is 36.3 Å². The molecule has 1 aliphatic heterocycles. The second-order valence-electron chi connectivity index (χ2n) is 9.62. The Bertz CT molecular complexity index is 1350. The van der Waals surface area contributed by atoms with Gasteiger partial charge in [0.2, 0.25) is 0 Å². The molecular formula is C29H35N3O3S. The fourth-order valence-corrected chi connectivity index (χ4v) is 6.01. The lowest BCUT2D eigenvalue weighted by Crippen LogP contribution is -2.30. The van der Waals surface area contributed by atoms with Gasteiger partial charge in [0.15, 0.2) is 0 Å². The smallest absolute Gasteiger partial charge is 0.262 e. The van der Waals surface area contributed by atoms with Gasteiger partial charge in [0.05, 0.1) is 10.6 Å². The molecule has 7 heteroatoms. The second kappa shape index (κ2) is 11.3. The van der Waals surface area contributed by atoms with Crippen molar-refractivity contribution in [3.05, 3.63) is 94.0 Å². The van der Waals surface area contributed by atoms with E-state index in [0.29, 0.717) is 23.4 Å². The van der Waals surface area contributed by atoms with Crippen molar-refractivity contribution in [2.45, 2.75) is 58.0 Å². The van der Waals surface area contributed by atoms with Crippen molar-refractivity contribution < 1.29 is 13.2 Å². The fraction of sp³-hybridized carbons (Fsp3) is 0.345. The van der Waals surface area contributed by atoms with Crippen LogP contribution >= 0.6 is 0 Å². The Morgan fingerprint density at radius 3 is 2.33 bits per heavy atom. The molecule has 0 aliphatic carbocycles. The summed E-state index contributed by atoms with van der Waals surface area (Å²) in [6.45, 7) is 9.04. The number of carbonyl (C=O) groups is 1. The number of nitrogens with zero attached hydrogens (tertiary/aromatic N) is 1. The van der Waals surface area contributed by atoms with Crippen LogP contribution in [0.1, 0.15) is 57.4 Å². The van der Waals surface area contributed by atoms with Gasteiger partial charge in [-0.3, -0.25) is 14.4 Å². The number of benzene rings is 3. The van der Waals surface area contributed by atoms with Gasteiger partial charge in [-0.15, -0.1) is 0 Å². The third-order valence-electron chi connectivity index (χ3n) is 6.99. The third-order valence-corrected chi connectivity index (χ3v) is 8.50. The van der Waals surface area contributed by atoms with Crippen molar-refractivity contribution >= 4 is 21.6 Å². The summed E-state index contributed by atoms with van der Waals surface area (Å²) in [5.41, 5.74) is 5.59. The van der Waals surface area contributed by atoms with Crippen LogP contribution in [0.2, 0.25) is 0 Å². The number of nitrogens with one attached hydrogen (secondary N) is 2. The SMILES string of the molecule is Cc1ccc(C(=O)NCc2ccccc2CN2CCCCC2)cc1S(=O)(=O)Nc1cccc(C)c1C. The van der Waals surface area contributed by atoms with Crippen molar-refractivity contribution in [3.8, 4) is 0 Å². The first-order valence-corrected chi connectivity index (χ1v) is 14.0. The third kappa shape index (κ3) is 6.15. The summed E-state index contributed by atoms with van der Waals surface area (Å²) in [6.07, 6.45) is 3.76. The number of hydrogen-bond donors (Lipinski definition) is 2. The predicted molar refractivity (Wildman–Crippen MR) is 145 cm³/mol. The van der Waals surface area contributed by atoms with Gasteiger partial charge in [0, 0.05) is 18.7 Å². The summed E-state index contributed by atoms with van der Waals surface area (Å²) in [5, 5.41) is 2.98. The van der Waals surface area contributed by atoms with Crippen molar-refractivity contribution in [1.29, 1.82) is 0 Å². The Balaban J connectivity index is 1.48. The topological polar surface area (TPSA) is 78.5 Å².